The fraction of sp³-hybridized carbons (Fsp3) is 0.267. The monoisotopic (exact) mass is 480 g/mol. The molecular formula is C30H28N2O4. The molecule has 0 saturated carbocycles. The van der Waals surface area contributed by atoms with E-state index in [9.17, 15) is 9.59 Å². The Morgan fingerprint density at radius 2 is 1.69 bits per heavy atom. The van der Waals surface area contributed by atoms with Crippen molar-refractivity contribution in [2.45, 2.75) is 25.3 Å². The molecular weight excluding hydrogens is 452 g/mol. The molecule has 5 rings (SSSR count). The van der Waals surface area contributed by atoms with Crippen molar-refractivity contribution in [2.75, 3.05) is 31.1 Å². The second kappa shape index (κ2) is 10.2. The number of benzene rings is 3. The fourth-order valence-corrected chi connectivity index (χ4v) is 5.24. The number of aliphatic carboxylic acids is 1. The highest BCUT2D eigenvalue weighted by atomic mass is 16.6. The maximum Gasteiger partial charge on any atom is 0.410 e. The van der Waals surface area contributed by atoms with Gasteiger partial charge in [-0.25, -0.2) is 4.79 Å². The summed E-state index contributed by atoms with van der Waals surface area (Å²) in [7, 11) is 0. The predicted octanol–water partition coefficient (Wildman–Crippen LogP) is 4.91. The molecule has 1 amide bonds. The van der Waals surface area contributed by atoms with E-state index in [0.29, 0.717) is 32.6 Å². The molecule has 0 spiro atoms. The number of ether oxygens (including phenoxy) is 1. The second-order valence-corrected chi connectivity index (χ2v) is 9.21. The van der Waals surface area contributed by atoms with E-state index >= 15 is 0 Å². The van der Waals surface area contributed by atoms with E-state index in [2.05, 4.69) is 35.1 Å². The normalized spacial score (nSPS) is 14.3. The zero-order chi connectivity index (χ0) is 25.1. The highest BCUT2D eigenvalue weighted by Gasteiger charge is 2.30. The van der Waals surface area contributed by atoms with Gasteiger partial charge in [-0.05, 0) is 45.9 Å². The van der Waals surface area contributed by atoms with Crippen LogP contribution in [0.4, 0.5) is 10.5 Å². The average Bonchev–Trinajstić information content (AvgIpc) is 3.09. The molecule has 1 N–H and O–H groups in total. The Morgan fingerprint density at radius 3 is 2.36 bits per heavy atom. The number of terminal acetylenes is 1. The van der Waals surface area contributed by atoms with E-state index in [0.717, 1.165) is 16.8 Å². The lowest BCUT2D eigenvalue weighted by molar-refractivity contribution is -0.136. The van der Waals surface area contributed by atoms with Gasteiger partial charge in [-0.2, -0.15) is 0 Å². The van der Waals surface area contributed by atoms with Gasteiger partial charge in [0, 0.05) is 31.1 Å². The van der Waals surface area contributed by atoms with Crippen molar-refractivity contribution >= 4 is 17.7 Å². The van der Waals surface area contributed by atoms with Gasteiger partial charge in [0.2, 0.25) is 0 Å². The quantitative estimate of drug-likeness (QED) is 0.508. The summed E-state index contributed by atoms with van der Waals surface area (Å²) in [6.45, 7) is 2.16. The standard InChI is InChI=1S/C30H28N2O4/c1-2-15-31-16-17-32(19-22-18-21(11-13-28(22)31)12-14-29(33)34)30(35)36-20-27-25-9-5-3-7-23(25)24-8-4-6-10-26(24)27/h1,3-11,13,18,27H,12,14-17,19-20H2,(H,33,34). The third-order valence-electron chi connectivity index (χ3n) is 6.99. The van der Waals surface area contributed by atoms with Crippen LogP contribution in [0.15, 0.2) is 66.7 Å². The summed E-state index contributed by atoms with van der Waals surface area (Å²) in [4.78, 5) is 28.1. The van der Waals surface area contributed by atoms with Crippen molar-refractivity contribution in [3.05, 3.63) is 89.0 Å². The van der Waals surface area contributed by atoms with Gasteiger partial charge in [0.15, 0.2) is 0 Å². The summed E-state index contributed by atoms with van der Waals surface area (Å²) in [5, 5.41) is 9.06. The van der Waals surface area contributed by atoms with Crippen molar-refractivity contribution in [2.24, 2.45) is 0 Å². The molecule has 2 aliphatic rings. The number of fused-ring (bicyclic) bond motifs is 4. The van der Waals surface area contributed by atoms with Crippen molar-refractivity contribution in [3.63, 3.8) is 0 Å². The molecule has 182 valence electrons. The van der Waals surface area contributed by atoms with Crippen molar-refractivity contribution in [3.8, 4) is 23.5 Å². The number of aryl methyl sites for hydroxylation is 1. The third kappa shape index (κ3) is 4.65. The number of nitrogens with zero attached hydrogens (tertiary/aromatic N) is 2. The number of amides is 1. The van der Waals surface area contributed by atoms with Crippen LogP contribution >= 0.6 is 0 Å². The third-order valence-corrected chi connectivity index (χ3v) is 6.99. The minimum atomic E-state index is -0.834. The summed E-state index contributed by atoms with van der Waals surface area (Å²) in [5.74, 6) is 1.87. The van der Waals surface area contributed by atoms with E-state index in [4.69, 9.17) is 16.3 Å². The molecule has 1 aliphatic carbocycles. The van der Waals surface area contributed by atoms with Crippen LogP contribution in [0.1, 0.15) is 34.6 Å². The van der Waals surface area contributed by atoms with Crippen LogP contribution in [0.5, 0.6) is 0 Å². The van der Waals surface area contributed by atoms with Gasteiger partial charge in [0.1, 0.15) is 6.61 Å². The van der Waals surface area contributed by atoms with E-state index in [1.54, 1.807) is 4.90 Å². The highest BCUT2D eigenvalue weighted by molar-refractivity contribution is 5.79. The molecule has 0 radical (unpaired) electrons. The molecule has 0 atom stereocenters. The summed E-state index contributed by atoms with van der Waals surface area (Å²) >= 11 is 0. The van der Waals surface area contributed by atoms with Crippen molar-refractivity contribution < 1.29 is 19.4 Å². The Labute approximate surface area is 211 Å². The summed E-state index contributed by atoms with van der Waals surface area (Å²) in [6, 6.07) is 22.4. The number of rotatable bonds is 6. The smallest absolute Gasteiger partial charge is 0.410 e. The van der Waals surface area contributed by atoms with E-state index < -0.39 is 5.97 Å². The molecule has 0 saturated heterocycles. The van der Waals surface area contributed by atoms with Gasteiger partial charge in [-0.3, -0.25) is 4.79 Å². The second-order valence-electron chi connectivity index (χ2n) is 9.21. The topological polar surface area (TPSA) is 70.1 Å². The summed E-state index contributed by atoms with van der Waals surface area (Å²) in [6.07, 6.45) is 5.74. The number of hydrogen-bond donors (Lipinski definition) is 1. The molecule has 1 aliphatic heterocycles. The minimum absolute atomic E-state index is 0.00109. The Bertz CT molecular complexity index is 1300. The molecule has 1 heterocycles. The van der Waals surface area contributed by atoms with Crippen LogP contribution in [-0.2, 0) is 22.5 Å². The molecule has 0 bridgehead atoms. The minimum Gasteiger partial charge on any atom is -0.481 e. The first-order valence-corrected chi connectivity index (χ1v) is 12.2. The average molecular weight is 481 g/mol. The number of carboxylic acids is 1. The summed E-state index contributed by atoms with van der Waals surface area (Å²) in [5.41, 5.74) is 7.58. The zero-order valence-electron chi connectivity index (χ0n) is 20.0. The Balaban J connectivity index is 1.33. The summed E-state index contributed by atoms with van der Waals surface area (Å²) < 4.78 is 5.90. The van der Waals surface area contributed by atoms with Gasteiger partial charge < -0.3 is 19.6 Å². The maximum atomic E-state index is 13.3. The number of carboxylic acid groups (broad SMARTS) is 1. The molecule has 6 nitrogen and oxygen atoms in total. The lowest BCUT2D eigenvalue weighted by Gasteiger charge is -2.23. The molecule has 3 aromatic carbocycles. The van der Waals surface area contributed by atoms with Crippen LogP contribution in [0.25, 0.3) is 11.1 Å². The Hall–Kier alpha value is -4.24. The Kier molecular flexibility index (Phi) is 6.64. The van der Waals surface area contributed by atoms with Gasteiger partial charge in [0.25, 0.3) is 0 Å². The number of hydrogen-bond acceptors (Lipinski definition) is 4. The first-order chi connectivity index (χ1) is 17.5. The van der Waals surface area contributed by atoms with Crippen LogP contribution in [0, 0.1) is 12.3 Å². The fourth-order valence-electron chi connectivity index (χ4n) is 5.24. The maximum absolute atomic E-state index is 13.3. The SMILES string of the molecule is C#CCN1CCN(C(=O)OCC2c3ccccc3-c3ccccc32)Cc2cc(CCC(=O)O)ccc21. The molecule has 3 aromatic rings. The first kappa shape index (κ1) is 23.5. The van der Waals surface area contributed by atoms with E-state index in [1.807, 2.05) is 42.5 Å². The van der Waals surface area contributed by atoms with Gasteiger partial charge >= 0.3 is 12.1 Å². The van der Waals surface area contributed by atoms with Gasteiger partial charge in [-0.15, -0.1) is 6.42 Å². The largest absolute Gasteiger partial charge is 0.481 e. The van der Waals surface area contributed by atoms with Gasteiger partial charge in [0.05, 0.1) is 13.1 Å². The predicted molar refractivity (Wildman–Crippen MR) is 139 cm³/mol. The molecule has 0 aromatic heterocycles. The van der Waals surface area contributed by atoms with E-state index in [-0.39, 0.29) is 25.0 Å². The number of carbonyl (C=O) groups excluding carboxylic acids is 1. The van der Waals surface area contributed by atoms with Crippen LogP contribution in [-0.4, -0.2) is 48.3 Å². The number of anilines is 1. The lowest BCUT2D eigenvalue weighted by atomic mass is 9.98. The molecule has 36 heavy (non-hydrogen) atoms. The van der Waals surface area contributed by atoms with Crippen molar-refractivity contribution in [1.29, 1.82) is 0 Å². The number of carbonyl (C=O) groups is 2. The van der Waals surface area contributed by atoms with Crippen LogP contribution < -0.4 is 4.90 Å². The highest BCUT2D eigenvalue weighted by Crippen LogP contribution is 2.44. The lowest BCUT2D eigenvalue weighted by Crippen LogP contribution is -2.36. The zero-order valence-corrected chi connectivity index (χ0v) is 20.0. The van der Waals surface area contributed by atoms with Gasteiger partial charge in [-0.1, -0.05) is 66.6 Å². The van der Waals surface area contributed by atoms with E-state index in [1.165, 1.54) is 22.3 Å². The van der Waals surface area contributed by atoms with Crippen LogP contribution in [0.3, 0.4) is 0 Å². The Morgan fingerprint density at radius 1 is 1.00 bits per heavy atom. The molecule has 0 unspecified atom stereocenters. The van der Waals surface area contributed by atoms with Crippen LogP contribution in [0.2, 0.25) is 0 Å². The van der Waals surface area contributed by atoms with Crippen molar-refractivity contribution in [1.82, 2.24) is 4.90 Å². The molecule has 0 fully saturated rings. The molecule has 6 heteroatoms. The first-order valence-electron chi connectivity index (χ1n) is 12.2.